The van der Waals surface area contributed by atoms with Gasteiger partial charge in [-0.15, -0.1) is 0 Å². The molecule has 1 heteroatoms. The van der Waals surface area contributed by atoms with Gasteiger partial charge in [0, 0.05) is 19.9 Å². The Morgan fingerprint density at radius 1 is 1.10 bits per heavy atom. The fraction of sp³-hybridized carbons (Fsp3) is 0.450. The van der Waals surface area contributed by atoms with Crippen molar-refractivity contribution < 1.29 is 7.31 Å². The molecule has 0 spiro atoms. The molecule has 0 amide bonds. The molecule has 0 bridgehead atoms. The average molecular weight is 282 g/mol. The lowest BCUT2D eigenvalue weighted by molar-refractivity contribution is -0.660. The first-order valence-corrected chi connectivity index (χ1v) is 8.07. The molecule has 1 aromatic heterocycles. The monoisotopic (exact) mass is 282 g/mol. The fourth-order valence-electron chi connectivity index (χ4n) is 3.37. The van der Waals surface area contributed by atoms with Crippen molar-refractivity contribution in [2.24, 2.45) is 13.0 Å². The number of rotatable bonds is 3. The van der Waals surface area contributed by atoms with Crippen LogP contribution in [-0.2, 0) is 13.4 Å². The summed E-state index contributed by atoms with van der Waals surface area (Å²) < 4.78 is 19.8. The molecule has 21 heavy (non-hydrogen) atoms. The second kappa shape index (κ2) is 6.43. The van der Waals surface area contributed by atoms with Crippen molar-refractivity contribution >= 4 is 0 Å². The lowest BCUT2D eigenvalue weighted by atomic mass is 9.83. The van der Waals surface area contributed by atoms with Gasteiger partial charge in [-0.3, -0.25) is 0 Å². The van der Waals surface area contributed by atoms with Crippen LogP contribution >= 0.6 is 0 Å². The normalized spacial score (nSPS) is 18.2. The summed E-state index contributed by atoms with van der Waals surface area (Å²) in [5.74, 6) is 0.126. The fourth-order valence-corrected chi connectivity index (χ4v) is 3.37. The molecule has 2 aromatic rings. The highest BCUT2D eigenvalue weighted by molar-refractivity contribution is 5.64. The first-order valence-electron chi connectivity index (χ1n) is 9.07. The van der Waals surface area contributed by atoms with Gasteiger partial charge in [0.25, 0.3) is 0 Å². The van der Waals surface area contributed by atoms with Crippen LogP contribution in [0.5, 0.6) is 0 Å². The van der Waals surface area contributed by atoms with E-state index in [1.807, 2.05) is 37.5 Å². The second-order valence-electron chi connectivity index (χ2n) is 6.18. The van der Waals surface area contributed by atoms with Crippen LogP contribution in [0.25, 0.3) is 11.3 Å². The van der Waals surface area contributed by atoms with Gasteiger partial charge >= 0.3 is 0 Å². The predicted molar refractivity (Wildman–Crippen MR) is 88.1 cm³/mol. The molecular weight excluding hydrogens is 254 g/mol. The number of hydrogen-bond acceptors (Lipinski definition) is 0. The summed E-state index contributed by atoms with van der Waals surface area (Å²) in [5.41, 5.74) is 4.17. The van der Waals surface area contributed by atoms with Crippen LogP contribution in [0.15, 0.2) is 42.6 Å². The minimum Gasteiger partial charge on any atom is -0.201 e. The van der Waals surface area contributed by atoms with Crippen molar-refractivity contribution in [3.8, 4) is 11.3 Å². The maximum Gasteiger partial charge on any atom is 0.215 e. The van der Waals surface area contributed by atoms with Gasteiger partial charge in [0.15, 0.2) is 6.20 Å². The van der Waals surface area contributed by atoms with Gasteiger partial charge in [0.05, 0.1) is 0 Å². The highest BCUT2D eigenvalue weighted by Crippen LogP contribution is 2.30. The molecule has 3 rings (SSSR count). The van der Waals surface area contributed by atoms with E-state index in [1.54, 1.807) is 0 Å². The van der Waals surface area contributed by atoms with Crippen molar-refractivity contribution in [1.82, 2.24) is 0 Å². The maximum atomic E-state index is 8.87. The van der Waals surface area contributed by atoms with E-state index in [0.29, 0.717) is 0 Å². The third-order valence-corrected chi connectivity index (χ3v) is 4.55. The minimum atomic E-state index is -1.28. The van der Waals surface area contributed by atoms with E-state index in [-0.39, 0.29) is 5.92 Å². The SMILES string of the molecule is [2H]C([2H])(c1ccc[n+](C)c1-c1ccccc1C)C1CCCCC1. The van der Waals surface area contributed by atoms with E-state index in [9.17, 15) is 0 Å². The largest absolute Gasteiger partial charge is 0.215 e. The molecule has 110 valence electrons. The van der Waals surface area contributed by atoms with Crippen molar-refractivity contribution in [1.29, 1.82) is 0 Å². The van der Waals surface area contributed by atoms with Crippen molar-refractivity contribution in [2.45, 2.75) is 45.4 Å². The average Bonchev–Trinajstić information content (AvgIpc) is 2.56. The molecule has 1 aromatic carbocycles. The van der Waals surface area contributed by atoms with Crippen LogP contribution in [0.1, 0.15) is 46.0 Å². The zero-order chi connectivity index (χ0) is 16.4. The lowest BCUT2D eigenvalue weighted by Gasteiger charge is -2.22. The summed E-state index contributed by atoms with van der Waals surface area (Å²) in [6.45, 7) is 2.10. The van der Waals surface area contributed by atoms with E-state index in [4.69, 9.17) is 2.74 Å². The van der Waals surface area contributed by atoms with Crippen LogP contribution in [-0.4, -0.2) is 0 Å². The van der Waals surface area contributed by atoms with Gasteiger partial charge in [-0.1, -0.05) is 50.3 Å². The first-order chi connectivity index (χ1) is 11.0. The molecule has 1 heterocycles. The number of aryl methyl sites for hydroxylation is 2. The number of benzene rings is 1. The molecule has 1 nitrogen and oxygen atoms in total. The quantitative estimate of drug-likeness (QED) is 0.724. The third-order valence-electron chi connectivity index (χ3n) is 4.55. The van der Waals surface area contributed by atoms with Crippen LogP contribution < -0.4 is 4.57 Å². The zero-order valence-electron chi connectivity index (χ0n) is 15.1. The van der Waals surface area contributed by atoms with E-state index in [0.717, 1.165) is 42.5 Å². The molecule has 0 saturated heterocycles. The van der Waals surface area contributed by atoms with E-state index in [1.165, 1.54) is 12.0 Å². The number of hydrogen-bond donors (Lipinski definition) is 0. The Kier molecular flexibility index (Phi) is 3.66. The highest BCUT2D eigenvalue weighted by atomic mass is 14.9. The summed E-state index contributed by atoms with van der Waals surface area (Å²) in [4.78, 5) is 0. The Hall–Kier alpha value is -1.63. The van der Waals surface area contributed by atoms with Gasteiger partial charge in [0.1, 0.15) is 7.05 Å². The number of pyridine rings is 1. The number of aromatic nitrogens is 1. The smallest absolute Gasteiger partial charge is 0.201 e. The molecule has 0 atom stereocenters. The molecule has 0 radical (unpaired) electrons. The van der Waals surface area contributed by atoms with Gasteiger partial charge in [-0.2, -0.15) is 0 Å². The maximum absolute atomic E-state index is 8.87. The van der Waals surface area contributed by atoms with Crippen LogP contribution in [0.2, 0.25) is 0 Å². The Morgan fingerprint density at radius 2 is 1.86 bits per heavy atom. The van der Waals surface area contributed by atoms with Gasteiger partial charge in [-0.05, 0) is 36.9 Å². The molecule has 1 saturated carbocycles. The van der Waals surface area contributed by atoms with E-state index in [2.05, 4.69) is 23.6 Å². The van der Waals surface area contributed by atoms with Crippen molar-refractivity contribution in [3.05, 3.63) is 53.7 Å². The van der Waals surface area contributed by atoms with Crippen LogP contribution in [0, 0.1) is 12.8 Å². The van der Waals surface area contributed by atoms with Gasteiger partial charge < -0.3 is 0 Å². The molecule has 0 N–H and O–H groups in total. The standard InChI is InChI=1S/C20H26N/c1-16-9-6-7-13-19(16)20-18(12-8-14-21(20)2)15-17-10-4-3-5-11-17/h6-9,12-14,17H,3-5,10-11,15H2,1-2H3/q+1/i15D2. The molecule has 0 aliphatic heterocycles. The Morgan fingerprint density at radius 3 is 2.62 bits per heavy atom. The van der Waals surface area contributed by atoms with Gasteiger partial charge in [-0.25, -0.2) is 4.57 Å². The Bertz CT molecular complexity index is 688. The highest BCUT2D eigenvalue weighted by Gasteiger charge is 2.21. The first kappa shape index (κ1) is 12.0. The summed E-state index contributed by atoms with van der Waals surface area (Å²) in [5, 5.41) is 0. The molecule has 1 aliphatic rings. The summed E-state index contributed by atoms with van der Waals surface area (Å²) in [6.07, 6.45) is 6.29. The van der Waals surface area contributed by atoms with Crippen LogP contribution in [0.3, 0.4) is 0 Å². The third kappa shape index (κ3) is 3.18. The van der Waals surface area contributed by atoms with E-state index < -0.39 is 6.37 Å². The van der Waals surface area contributed by atoms with Crippen molar-refractivity contribution in [2.75, 3.05) is 0 Å². The molecular formula is C20H26N+. The Labute approximate surface area is 131 Å². The number of nitrogens with zero attached hydrogens (tertiary/aromatic N) is 1. The molecule has 1 fully saturated rings. The van der Waals surface area contributed by atoms with Crippen LogP contribution in [0.4, 0.5) is 0 Å². The Balaban J connectivity index is 2.13. The summed E-state index contributed by atoms with van der Waals surface area (Å²) in [6, 6.07) is 12.2. The molecule has 0 unspecified atom stereocenters. The van der Waals surface area contributed by atoms with Gasteiger partial charge in [0.2, 0.25) is 5.69 Å². The van der Waals surface area contributed by atoms with Crippen molar-refractivity contribution in [3.63, 3.8) is 0 Å². The zero-order valence-corrected chi connectivity index (χ0v) is 13.1. The molecule has 1 aliphatic carbocycles. The second-order valence-corrected chi connectivity index (χ2v) is 6.18. The lowest BCUT2D eigenvalue weighted by Crippen LogP contribution is -2.32. The van der Waals surface area contributed by atoms with E-state index >= 15 is 0 Å². The summed E-state index contributed by atoms with van der Waals surface area (Å²) >= 11 is 0. The summed E-state index contributed by atoms with van der Waals surface area (Å²) in [7, 11) is 2.02. The minimum absolute atomic E-state index is 0.126. The predicted octanol–water partition coefficient (Wildman–Crippen LogP) is 4.61. The topological polar surface area (TPSA) is 3.88 Å².